The summed E-state index contributed by atoms with van der Waals surface area (Å²) in [7, 11) is 0. The lowest BCUT2D eigenvalue weighted by molar-refractivity contribution is -0.187. The van der Waals surface area contributed by atoms with Crippen LogP contribution in [0.2, 0.25) is 0 Å². The SMILES string of the molecule is O=C1CCC(CC(F)(F)F)(c2ccccc2)O1. The standard InChI is InChI=1S/C12H11F3O2/c13-12(14,15)8-11(7-6-10(16)17-11)9-4-2-1-3-5-9/h1-5H,6-8H2. The number of carbonyl (C=O) groups excluding carboxylic acids is 1. The average molecular weight is 244 g/mol. The van der Waals surface area contributed by atoms with Gasteiger partial charge in [-0.05, 0) is 5.56 Å². The van der Waals surface area contributed by atoms with Gasteiger partial charge in [0.25, 0.3) is 0 Å². The second-order valence-electron chi connectivity index (χ2n) is 4.13. The molecule has 0 N–H and O–H groups in total. The molecule has 0 radical (unpaired) electrons. The van der Waals surface area contributed by atoms with E-state index in [-0.39, 0.29) is 12.8 Å². The van der Waals surface area contributed by atoms with Crippen molar-refractivity contribution in [2.24, 2.45) is 0 Å². The molecule has 0 aromatic heterocycles. The molecular weight excluding hydrogens is 233 g/mol. The van der Waals surface area contributed by atoms with Gasteiger partial charge >= 0.3 is 12.1 Å². The minimum Gasteiger partial charge on any atom is -0.454 e. The summed E-state index contributed by atoms with van der Waals surface area (Å²) < 4.78 is 42.7. The Morgan fingerprint density at radius 3 is 2.35 bits per heavy atom. The van der Waals surface area contributed by atoms with Crippen LogP contribution in [-0.2, 0) is 15.1 Å². The van der Waals surface area contributed by atoms with Gasteiger partial charge in [-0.2, -0.15) is 13.2 Å². The van der Waals surface area contributed by atoms with Crippen LogP contribution in [0.5, 0.6) is 0 Å². The fourth-order valence-electron chi connectivity index (χ4n) is 2.12. The second-order valence-corrected chi connectivity index (χ2v) is 4.13. The molecule has 1 aliphatic heterocycles. The van der Waals surface area contributed by atoms with Crippen LogP contribution in [0.1, 0.15) is 24.8 Å². The minimum atomic E-state index is -4.36. The molecular formula is C12H11F3O2. The van der Waals surface area contributed by atoms with Crippen molar-refractivity contribution < 1.29 is 22.7 Å². The lowest BCUT2D eigenvalue weighted by atomic mass is 9.87. The Hall–Kier alpha value is -1.52. The molecule has 1 aromatic rings. The first-order chi connectivity index (χ1) is 7.91. The molecule has 1 unspecified atom stereocenters. The summed E-state index contributed by atoms with van der Waals surface area (Å²) in [6, 6.07) is 8.11. The van der Waals surface area contributed by atoms with E-state index in [1.807, 2.05) is 0 Å². The van der Waals surface area contributed by atoms with Crippen LogP contribution in [-0.4, -0.2) is 12.1 Å². The highest BCUT2D eigenvalue weighted by atomic mass is 19.4. The van der Waals surface area contributed by atoms with Gasteiger partial charge in [0.1, 0.15) is 5.60 Å². The molecule has 1 heterocycles. The Bertz CT molecular complexity index is 414. The summed E-state index contributed by atoms with van der Waals surface area (Å²) in [4.78, 5) is 11.1. The number of halogens is 3. The predicted molar refractivity (Wildman–Crippen MR) is 54.1 cm³/mol. The maximum atomic E-state index is 12.6. The summed E-state index contributed by atoms with van der Waals surface area (Å²) >= 11 is 0. The third kappa shape index (κ3) is 2.60. The van der Waals surface area contributed by atoms with Crippen molar-refractivity contribution in [3.05, 3.63) is 35.9 Å². The summed E-state index contributed by atoms with van der Waals surface area (Å²) in [6.07, 6.45) is -5.38. The van der Waals surface area contributed by atoms with Crippen molar-refractivity contribution in [1.82, 2.24) is 0 Å². The molecule has 2 nitrogen and oxygen atoms in total. The highest BCUT2D eigenvalue weighted by molar-refractivity contribution is 5.72. The maximum Gasteiger partial charge on any atom is 0.393 e. The van der Waals surface area contributed by atoms with Crippen LogP contribution in [0.4, 0.5) is 13.2 Å². The quantitative estimate of drug-likeness (QED) is 0.747. The number of esters is 1. The van der Waals surface area contributed by atoms with Crippen molar-refractivity contribution in [3.8, 4) is 0 Å². The second kappa shape index (κ2) is 4.05. The van der Waals surface area contributed by atoms with Gasteiger partial charge in [-0.15, -0.1) is 0 Å². The van der Waals surface area contributed by atoms with E-state index in [1.54, 1.807) is 30.3 Å². The molecule has 2 rings (SSSR count). The first kappa shape index (κ1) is 12.0. The number of benzene rings is 1. The Morgan fingerprint density at radius 1 is 1.24 bits per heavy atom. The zero-order valence-electron chi connectivity index (χ0n) is 8.96. The van der Waals surface area contributed by atoms with Gasteiger partial charge in [-0.1, -0.05) is 30.3 Å². The monoisotopic (exact) mass is 244 g/mol. The smallest absolute Gasteiger partial charge is 0.393 e. The van der Waals surface area contributed by atoms with Crippen LogP contribution in [0, 0.1) is 0 Å². The molecule has 1 saturated heterocycles. The molecule has 92 valence electrons. The van der Waals surface area contributed by atoms with E-state index in [1.165, 1.54) is 0 Å². The zero-order chi connectivity index (χ0) is 12.5. The van der Waals surface area contributed by atoms with Gasteiger partial charge in [0.05, 0.1) is 6.42 Å². The van der Waals surface area contributed by atoms with E-state index in [0.717, 1.165) is 0 Å². The molecule has 0 aliphatic carbocycles. The first-order valence-electron chi connectivity index (χ1n) is 5.25. The highest BCUT2D eigenvalue weighted by Crippen LogP contribution is 2.44. The summed E-state index contributed by atoms with van der Waals surface area (Å²) in [5, 5.41) is 0. The number of rotatable bonds is 2. The minimum absolute atomic E-state index is 0.0327. The van der Waals surface area contributed by atoms with Gasteiger partial charge in [0, 0.05) is 12.8 Å². The summed E-state index contributed by atoms with van der Waals surface area (Å²) in [5.74, 6) is -0.571. The molecule has 1 aromatic carbocycles. The van der Waals surface area contributed by atoms with Crippen LogP contribution >= 0.6 is 0 Å². The highest BCUT2D eigenvalue weighted by Gasteiger charge is 2.49. The van der Waals surface area contributed by atoms with Crippen LogP contribution < -0.4 is 0 Å². The molecule has 1 aliphatic rings. The average Bonchev–Trinajstić information content (AvgIpc) is 2.60. The maximum absolute atomic E-state index is 12.6. The van der Waals surface area contributed by atoms with Gasteiger partial charge in [0.2, 0.25) is 0 Å². The van der Waals surface area contributed by atoms with E-state index < -0.39 is 24.2 Å². The summed E-state index contributed by atoms with van der Waals surface area (Å²) in [5.41, 5.74) is -1.13. The Kier molecular flexibility index (Phi) is 2.85. The lowest BCUT2D eigenvalue weighted by Crippen LogP contribution is -2.32. The third-order valence-electron chi connectivity index (χ3n) is 2.83. The van der Waals surface area contributed by atoms with E-state index in [0.29, 0.717) is 5.56 Å². The van der Waals surface area contributed by atoms with Crippen LogP contribution in [0.15, 0.2) is 30.3 Å². The topological polar surface area (TPSA) is 26.3 Å². The number of hydrogen-bond acceptors (Lipinski definition) is 2. The first-order valence-corrected chi connectivity index (χ1v) is 5.25. The van der Waals surface area contributed by atoms with E-state index in [2.05, 4.69) is 0 Å². The number of alkyl halides is 3. The molecule has 0 bridgehead atoms. The van der Waals surface area contributed by atoms with E-state index in [9.17, 15) is 18.0 Å². The molecule has 1 fully saturated rings. The number of carbonyl (C=O) groups is 1. The number of cyclic esters (lactones) is 1. The van der Waals surface area contributed by atoms with Crippen molar-refractivity contribution in [3.63, 3.8) is 0 Å². The summed E-state index contributed by atoms with van der Waals surface area (Å²) in [6.45, 7) is 0. The number of hydrogen-bond donors (Lipinski definition) is 0. The Balaban J connectivity index is 2.35. The fraction of sp³-hybridized carbons (Fsp3) is 0.417. The van der Waals surface area contributed by atoms with Crippen molar-refractivity contribution in [1.29, 1.82) is 0 Å². The van der Waals surface area contributed by atoms with Gasteiger partial charge in [-0.25, -0.2) is 0 Å². The molecule has 5 heteroatoms. The Morgan fingerprint density at radius 2 is 1.88 bits per heavy atom. The molecule has 17 heavy (non-hydrogen) atoms. The molecule has 0 amide bonds. The fourth-order valence-corrected chi connectivity index (χ4v) is 2.12. The third-order valence-corrected chi connectivity index (χ3v) is 2.83. The van der Waals surface area contributed by atoms with Crippen LogP contribution in [0.25, 0.3) is 0 Å². The number of ether oxygens (including phenoxy) is 1. The van der Waals surface area contributed by atoms with E-state index >= 15 is 0 Å². The van der Waals surface area contributed by atoms with Gasteiger partial charge < -0.3 is 4.74 Å². The predicted octanol–water partition coefficient (Wildman–Crippen LogP) is 3.17. The van der Waals surface area contributed by atoms with Crippen molar-refractivity contribution in [2.75, 3.05) is 0 Å². The van der Waals surface area contributed by atoms with Crippen LogP contribution in [0.3, 0.4) is 0 Å². The van der Waals surface area contributed by atoms with Gasteiger partial charge in [-0.3, -0.25) is 4.79 Å². The zero-order valence-corrected chi connectivity index (χ0v) is 8.96. The Labute approximate surface area is 96.4 Å². The molecule has 0 saturated carbocycles. The molecule has 0 spiro atoms. The van der Waals surface area contributed by atoms with E-state index in [4.69, 9.17) is 4.74 Å². The molecule has 1 atom stereocenters. The normalized spacial score (nSPS) is 24.8. The van der Waals surface area contributed by atoms with Crippen molar-refractivity contribution in [2.45, 2.75) is 31.0 Å². The largest absolute Gasteiger partial charge is 0.454 e. The van der Waals surface area contributed by atoms with Crippen molar-refractivity contribution >= 4 is 5.97 Å². The van der Waals surface area contributed by atoms with Gasteiger partial charge in [0.15, 0.2) is 0 Å². The lowest BCUT2D eigenvalue weighted by Gasteiger charge is -2.29.